The number of pyridine rings is 1. The summed E-state index contributed by atoms with van der Waals surface area (Å²) in [5.41, 5.74) is 2.61. The fourth-order valence-corrected chi connectivity index (χ4v) is 6.23. The van der Waals surface area contributed by atoms with Crippen molar-refractivity contribution in [1.82, 2.24) is 4.98 Å². The summed E-state index contributed by atoms with van der Waals surface area (Å²) in [6, 6.07) is 2.00. The third-order valence-electron chi connectivity index (χ3n) is 8.64. The van der Waals surface area contributed by atoms with Gasteiger partial charge in [0.1, 0.15) is 0 Å². The first-order valence-corrected chi connectivity index (χ1v) is 18.3. The smallest absolute Gasteiger partial charge is 0.0471 e. The van der Waals surface area contributed by atoms with Gasteiger partial charge in [0.2, 0.25) is 0 Å². The number of halogens is 1. The largest absolute Gasteiger partial charge is 0.261 e. The summed E-state index contributed by atoms with van der Waals surface area (Å²) in [4.78, 5) is 4.74. The zero-order chi connectivity index (χ0) is 28.1. The summed E-state index contributed by atoms with van der Waals surface area (Å²) in [7, 11) is 0. The van der Waals surface area contributed by atoms with E-state index in [-0.39, 0.29) is 0 Å². The second kappa shape index (κ2) is 29.0. The average molecular weight is 562 g/mol. The molecule has 0 aliphatic heterocycles. The van der Waals surface area contributed by atoms with Gasteiger partial charge in [-0.2, -0.15) is 0 Å². The van der Waals surface area contributed by atoms with Gasteiger partial charge in [0.25, 0.3) is 0 Å². The summed E-state index contributed by atoms with van der Waals surface area (Å²) in [5, 5.41) is 0.944. The Kier molecular flexibility index (Phi) is 27.1. The van der Waals surface area contributed by atoms with Gasteiger partial charge in [0.15, 0.2) is 0 Å². The quantitative estimate of drug-likeness (QED) is 0.0850. The van der Waals surface area contributed by atoms with Crippen molar-refractivity contribution in [2.75, 3.05) is 0 Å². The number of unbranched alkanes of at least 4 members (excludes halogenated alkanes) is 26. The molecule has 0 radical (unpaired) electrons. The van der Waals surface area contributed by atoms with Crippen LogP contribution in [0.2, 0.25) is 5.02 Å². The van der Waals surface area contributed by atoms with E-state index < -0.39 is 0 Å². The second-order valence-electron chi connectivity index (χ2n) is 12.4. The van der Waals surface area contributed by atoms with Gasteiger partial charge in [-0.15, -0.1) is 0 Å². The molecule has 0 N–H and O–H groups in total. The van der Waals surface area contributed by atoms with Gasteiger partial charge in [0.05, 0.1) is 0 Å². The molecule has 0 spiro atoms. The topological polar surface area (TPSA) is 12.9 Å². The van der Waals surface area contributed by atoms with Gasteiger partial charge in [0, 0.05) is 16.9 Å². The molecule has 0 unspecified atom stereocenters. The first-order chi connectivity index (χ1) is 19.3. The van der Waals surface area contributed by atoms with Crippen molar-refractivity contribution in [2.24, 2.45) is 0 Å². The Morgan fingerprint density at radius 1 is 0.436 bits per heavy atom. The fourth-order valence-electron chi connectivity index (χ4n) is 5.97. The Bertz CT molecular complexity index is 628. The van der Waals surface area contributed by atoms with Crippen LogP contribution in [0.15, 0.2) is 12.3 Å². The van der Waals surface area contributed by atoms with E-state index in [0.717, 1.165) is 17.9 Å². The minimum absolute atomic E-state index is 0.944. The average Bonchev–Trinajstić information content (AvgIpc) is 2.94. The minimum atomic E-state index is 0.944. The first kappa shape index (κ1) is 36.5. The van der Waals surface area contributed by atoms with Gasteiger partial charge in [-0.25, -0.2) is 0 Å². The number of aromatic nitrogens is 1. The predicted octanol–water partition coefficient (Wildman–Crippen LogP) is 13.8. The van der Waals surface area contributed by atoms with Crippen LogP contribution in [-0.2, 0) is 12.8 Å². The Morgan fingerprint density at radius 2 is 0.744 bits per heavy atom. The van der Waals surface area contributed by atoms with Gasteiger partial charge >= 0.3 is 0 Å². The van der Waals surface area contributed by atoms with Gasteiger partial charge in [-0.1, -0.05) is 192 Å². The van der Waals surface area contributed by atoms with Crippen LogP contribution in [0.3, 0.4) is 0 Å². The Labute approximate surface area is 251 Å². The molecule has 2 heteroatoms. The van der Waals surface area contributed by atoms with Crippen molar-refractivity contribution in [3.05, 3.63) is 28.5 Å². The minimum Gasteiger partial charge on any atom is -0.261 e. The van der Waals surface area contributed by atoms with Crippen molar-refractivity contribution in [1.29, 1.82) is 0 Å². The summed E-state index contributed by atoms with van der Waals surface area (Å²) in [6.07, 6.45) is 43.6. The summed E-state index contributed by atoms with van der Waals surface area (Å²) >= 11 is 6.61. The normalized spacial score (nSPS) is 11.5. The molecule has 0 atom stereocenters. The molecule has 1 heterocycles. The molecule has 1 aromatic heterocycles. The Morgan fingerprint density at radius 3 is 1.10 bits per heavy atom. The molecule has 0 saturated heterocycles. The molecule has 1 rings (SSSR count). The fraction of sp³-hybridized carbons (Fsp3) is 0.865. The standard InChI is InChI=1S/C37H68ClN/c1-3-5-7-9-11-13-15-17-19-21-23-25-27-29-31-35-36(38)33-34-39-37(35)32-30-28-26-24-22-20-18-16-14-12-10-8-6-4-2/h33-34H,3-32H2,1-2H3. The van der Waals surface area contributed by atoms with Crippen molar-refractivity contribution >= 4 is 11.6 Å². The van der Waals surface area contributed by atoms with Crippen LogP contribution in [0.25, 0.3) is 0 Å². The molecule has 228 valence electrons. The second-order valence-corrected chi connectivity index (χ2v) is 12.8. The molecule has 39 heavy (non-hydrogen) atoms. The van der Waals surface area contributed by atoms with Crippen LogP contribution < -0.4 is 0 Å². The predicted molar refractivity (Wildman–Crippen MR) is 177 cm³/mol. The van der Waals surface area contributed by atoms with E-state index in [4.69, 9.17) is 16.6 Å². The maximum absolute atomic E-state index is 6.61. The van der Waals surface area contributed by atoms with E-state index in [2.05, 4.69) is 13.8 Å². The maximum atomic E-state index is 6.61. The van der Waals surface area contributed by atoms with E-state index >= 15 is 0 Å². The number of hydrogen-bond donors (Lipinski definition) is 0. The van der Waals surface area contributed by atoms with Crippen molar-refractivity contribution in [3.8, 4) is 0 Å². The third kappa shape index (κ3) is 22.8. The highest BCUT2D eigenvalue weighted by atomic mass is 35.5. The van der Waals surface area contributed by atoms with Crippen LogP contribution in [0.1, 0.15) is 205 Å². The van der Waals surface area contributed by atoms with Crippen LogP contribution in [-0.4, -0.2) is 4.98 Å². The number of rotatable bonds is 30. The molecular formula is C37H68ClN. The van der Waals surface area contributed by atoms with E-state index in [9.17, 15) is 0 Å². The summed E-state index contributed by atoms with van der Waals surface area (Å²) in [6.45, 7) is 4.60. The van der Waals surface area contributed by atoms with Gasteiger partial charge < -0.3 is 0 Å². The highest BCUT2D eigenvalue weighted by molar-refractivity contribution is 6.31. The van der Waals surface area contributed by atoms with Gasteiger partial charge in [-0.3, -0.25) is 4.98 Å². The van der Waals surface area contributed by atoms with Crippen LogP contribution in [0.5, 0.6) is 0 Å². The summed E-state index contributed by atoms with van der Waals surface area (Å²) < 4.78 is 0. The molecular weight excluding hydrogens is 494 g/mol. The van der Waals surface area contributed by atoms with Crippen LogP contribution in [0, 0.1) is 0 Å². The maximum Gasteiger partial charge on any atom is 0.0471 e. The lowest BCUT2D eigenvalue weighted by Crippen LogP contribution is -2.00. The highest BCUT2D eigenvalue weighted by Gasteiger charge is 2.08. The van der Waals surface area contributed by atoms with Crippen LogP contribution in [0.4, 0.5) is 0 Å². The molecule has 1 aromatic rings. The SMILES string of the molecule is CCCCCCCCCCCCCCCCc1nccc(Cl)c1CCCCCCCCCCCCCCCC. The zero-order valence-electron chi connectivity index (χ0n) is 26.7. The lowest BCUT2D eigenvalue weighted by molar-refractivity contribution is 0.533. The van der Waals surface area contributed by atoms with Crippen molar-refractivity contribution < 1.29 is 0 Å². The van der Waals surface area contributed by atoms with Crippen molar-refractivity contribution in [2.45, 2.75) is 206 Å². The lowest BCUT2D eigenvalue weighted by Gasteiger charge is -2.11. The summed E-state index contributed by atoms with van der Waals surface area (Å²) in [5.74, 6) is 0. The molecule has 0 saturated carbocycles. The first-order valence-electron chi connectivity index (χ1n) is 17.9. The van der Waals surface area contributed by atoms with E-state index in [1.54, 1.807) is 0 Å². The van der Waals surface area contributed by atoms with Crippen molar-refractivity contribution in [3.63, 3.8) is 0 Å². The molecule has 0 aliphatic carbocycles. The number of hydrogen-bond acceptors (Lipinski definition) is 1. The lowest BCUT2D eigenvalue weighted by atomic mass is 9.99. The van der Waals surface area contributed by atoms with Gasteiger partial charge in [-0.05, 0) is 37.3 Å². The molecule has 0 aliphatic rings. The van der Waals surface area contributed by atoms with E-state index in [1.165, 1.54) is 191 Å². The Hall–Kier alpha value is -0.560. The molecule has 0 amide bonds. The highest BCUT2D eigenvalue weighted by Crippen LogP contribution is 2.23. The third-order valence-corrected chi connectivity index (χ3v) is 8.99. The molecule has 1 nitrogen and oxygen atoms in total. The molecule has 0 bridgehead atoms. The van der Waals surface area contributed by atoms with Crippen LogP contribution >= 0.6 is 11.6 Å². The zero-order valence-corrected chi connectivity index (χ0v) is 27.4. The molecule has 0 aromatic carbocycles. The molecule has 0 fully saturated rings. The number of nitrogens with zero attached hydrogens (tertiary/aromatic N) is 1. The Balaban J connectivity index is 1.99. The van der Waals surface area contributed by atoms with E-state index in [0.29, 0.717) is 0 Å². The van der Waals surface area contributed by atoms with E-state index in [1.807, 2.05) is 12.3 Å². The monoisotopic (exact) mass is 562 g/mol. The number of aryl methyl sites for hydroxylation is 1.